The van der Waals surface area contributed by atoms with E-state index in [2.05, 4.69) is 17.5 Å². The van der Waals surface area contributed by atoms with Gasteiger partial charge in [-0.05, 0) is 19.1 Å². The van der Waals surface area contributed by atoms with Crippen LogP contribution in [0.1, 0.15) is 11.3 Å². The van der Waals surface area contributed by atoms with Crippen molar-refractivity contribution in [1.82, 2.24) is 9.29 Å². The molecule has 0 amide bonds. The highest BCUT2D eigenvalue weighted by atomic mass is 32.2. The van der Waals surface area contributed by atoms with Gasteiger partial charge in [0.1, 0.15) is 17.2 Å². The summed E-state index contributed by atoms with van der Waals surface area (Å²) < 4.78 is 27.3. The van der Waals surface area contributed by atoms with Crippen molar-refractivity contribution < 1.29 is 13.3 Å². The molecule has 3 aromatic rings. The molecule has 1 aromatic heterocycles. The molecule has 146 valence electrons. The Kier molecular flexibility index (Phi) is 5.59. The zero-order chi connectivity index (χ0) is 19.6. The molecule has 0 radical (unpaired) electrons. The molecule has 1 N–H and O–H groups in total. The number of thiazole rings is 1. The molecule has 5 nitrogen and oxygen atoms in total. The number of hydrogen-bond donors (Lipinski definition) is 1. The predicted octanol–water partition coefficient (Wildman–Crippen LogP) is 2.21. The number of rotatable bonds is 5. The van der Waals surface area contributed by atoms with Gasteiger partial charge in [-0.25, -0.2) is 13.4 Å². The summed E-state index contributed by atoms with van der Waals surface area (Å²) in [4.78, 5) is 6.52. The number of aryl methyl sites for hydroxylation is 1. The molecule has 4 rings (SSSR count). The van der Waals surface area contributed by atoms with Crippen molar-refractivity contribution in [3.63, 3.8) is 0 Å². The highest BCUT2D eigenvalue weighted by Gasteiger charge is 2.30. The van der Waals surface area contributed by atoms with Gasteiger partial charge in [-0.15, -0.1) is 11.3 Å². The summed E-state index contributed by atoms with van der Waals surface area (Å²) in [6, 6.07) is 17.3. The second-order valence-electron chi connectivity index (χ2n) is 7.15. The smallest absolute Gasteiger partial charge is 0.243 e. The highest BCUT2D eigenvalue weighted by Crippen LogP contribution is 2.23. The Morgan fingerprint density at radius 3 is 2.39 bits per heavy atom. The fraction of sp³-hybridized carbons (Fsp3) is 0.286. The molecular formula is C21H24N3O2S2+. The first-order chi connectivity index (χ1) is 13.5. The van der Waals surface area contributed by atoms with Gasteiger partial charge in [0, 0.05) is 10.9 Å². The Balaban J connectivity index is 1.37. The molecule has 0 spiro atoms. The lowest BCUT2D eigenvalue weighted by molar-refractivity contribution is -0.917. The van der Waals surface area contributed by atoms with Crippen molar-refractivity contribution >= 4 is 21.4 Å². The van der Waals surface area contributed by atoms with Crippen LogP contribution in [0.15, 0.2) is 64.9 Å². The molecular weight excluding hydrogens is 390 g/mol. The molecule has 2 heterocycles. The first-order valence-electron chi connectivity index (χ1n) is 9.42. The SMILES string of the molecule is Cc1ccc(S(=O)(=O)N2CC[NH+](Cc3csc(-c4ccccc4)n3)CC2)cc1. The van der Waals surface area contributed by atoms with E-state index in [1.807, 2.05) is 37.3 Å². The van der Waals surface area contributed by atoms with Gasteiger partial charge >= 0.3 is 0 Å². The van der Waals surface area contributed by atoms with Gasteiger partial charge in [0.2, 0.25) is 10.0 Å². The number of sulfonamides is 1. The molecule has 7 heteroatoms. The Hall–Kier alpha value is -2.06. The molecule has 1 saturated heterocycles. The van der Waals surface area contributed by atoms with Gasteiger partial charge < -0.3 is 4.90 Å². The fourth-order valence-corrected chi connectivity index (χ4v) is 5.70. The summed E-state index contributed by atoms with van der Waals surface area (Å²) in [5.74, 6) is 0. The summed E-state index contributed by atoms with van der Waals surface area (Å²) in [6.45, 7) is 5.47. The minimum absolute atomic E-state index is 0.383. The Morgan fingerprint density at radius 1 is 1.04 bits per heavy atom. The van der Waals surface area contributed by atoms with E-state index in [-0.39, 0.29) is 0 Å². The van der Waals surface area contributed by atoms with E-state index in [0.29, 0.717) is 18.0 Å². The molecule has 1 fully saturated rings. The van der Waals surface area contributed by atoms with Crippen LogP contribution in [0.5, 0.6) is 0 Å². The van der Waals surface area contributed by atoms with Crippen molar-refractivity contribution in [2.45, 2.75) is 18.4 Å². The first kappa shape index (κ1) is 19.3. The van der Waals surface area contributed by atoms with E-state index in [9.17, 15) is 8.42 Å². The van der Waals surface area contributed by atoms with Crippen LogP contribution in [0.2, 0.25) is 0 Å². The van der Waals surface area contributed by atoms with Crippen molar-refractivity contribution in [2.24, 2.45) is 0 Å². The zero-order valence-electron chi connectivity index (χ0n) is 15.8. The maximum Gasteiger partial charge on any atom is 0.243 e. The van der Waals surface area contributed by atoms with E-state index in [1.54, 1.807) is 27.8 Å². The molecule has 0 atom stereocenters. The third-order valence-corrected chi connectivity index (χ3v) is 7.94. The zero-order valence-corrected chi connectivity index (χ0v) is 17.5. The van der Waals surface area contributed by atoms with Gasteiger partial charge in [-0.2, -0.15) is 4.31 Å². The van der Waals surface area contributed by atoms with Crippen LogP contribution >= 0.6 is 11.3 Å². The van der Waals surface area contributed by atoms with E-state index in [4.69, 9.17) is 4.98 Å². The lowest BCUT2D eigenvalue weighted by Gasteiger charge is -2.31. The van der Waals surface area contributed by atoms with E-state index in [0.717, 1.165) is 41.5 Å². The standard InChI is InChI=1S/C21H23N3O2S2/c1-17-7-9-20(10-8-17)28(25,26)24-13-11-23(12-14-24)15-19-16-27-21(22-19)18-5-3-2-4-6-18/h2-10,16H,11-15H2,1H3/p+1. The normalized spacial score (nSPS) is 16.3. The van der Waals surface area contributed by atoms with Crippen LogP contribution in [0.3, 0.4) is 0 Å². The van der Waals surface area contributed by atoms with Gasteiger partial charge in [0.25, 0.3) is 0 Å². The van der Waals surface area contributed by atoms with Crippen LogP contribution in [0.4, 0.5) is 0 Å². The van der Waals surface area contributed by atoms with E-state index in [1.165, 1.54) is 4.90 Å². The van der Waals surface area contributed by atoms with E-state index >= 15 is 0 Å². The summed E-state index contributed by atoms with van der Waals surface area (Å²) in [6.07, 6.45) is 0. The van der Waals surface area contributed by atoms with Gasteiger partial charge in [-0.1, -0.05) is 48.0 Å². The average molecular weight is 415 g/mol. The van der Waals surface area contributed by atoms with Crippen LogP contribution in [0, 0.1) is 6.92 Å². The van der Waals surface area contributed by atoms with Crippen molar-refractivity contribution in [2.75, 3.05) is 26.2 Å². The Morgan fingerprint density at radius 2 is 1.71 bits per heavy atom. The molecule has 0 aliphatic carbocycles. The van der Waals surface area contributed by atoms with Crippen molar-refractivity contribution in [3.8, 4) is 10.6 Å². The first-order valence-corrected chi connectivity index (χ1v) is 11.7. The number of nitrogens with one attached hydrogen (secondary N) is 1. The van der Waals surface area contributed by atoms with E-state index < -0.39 is 10.0 Å². The second-order valence-corrected chi connectivity index (χ2v) is 9.95. The quantitative estimate of drug-likeness (QED) is 0.697. The molecule has 0 saturated carbocycles. The number of quaternary nitrogens is 1. The molecule has 1 aliphatic heterocycles. The van der Waals surface area contributed by atoms with Gasteiger partial charge in [0.15, 0.2) is 0 Å². The van der Waals surface area contributed by atoms with Crippen LogP contribution < -0.4 is 4.90 Å². The number of nitrogens with zero attached hydrogens (tertiary/aromatic N) is 2. The maximum absolute atomic E-state index is 12.8. The van der Waals surface area contributed by atoms with Crippen LogP contribution in [-0.4, -0.2) is 43.9 Å². The highest BCUT2D eigenvalue weighted by molar-refractivity contribution is 7.89. The molecule has 28 heavy (non-hydrogen) atoms. The minimum Gasteiger partial charge on any atom is -0.328 e. The van der Waals surface area contributed by atoms with Crippen molar-refractivity contribution in [3.05, 3.63) is 71.2 Å². The van der Waals surface area contributed by atoms with Crippen LogP contribution in [-0.2, 0) is 16.6 Å². The van der Waals surface area contributed by atoms with Crippen LogP contribution in [0.25, 0.3) is 10.6 Å². The Labute approximate surface area is 170 Å². The lowest BCUT2D eigenvalue weighted by atomic mass is 10.2. The predicted molar refractivity (Wildman–Crippen MR) is 112 cm³/mol. The Bertz CT molecular complexity index is 1020. The third-order valence-electron chi connectivity index (χ3n) is 5.09. The monoisotopic (exact) mass is 414 g/mol. The average Bonchev–Trinajstić information content (AvgIpc) is 3.18. The maximum atomic E-state index is 12.8. The number of hydrogen-bond acceptors (Lipinski definition) is 4. The lowest BCUT2D eigenvalue weighted by Crippen LogP contribution is -3.13. The summed E-state index contributed by atoms with van der Waals surface area (Å²) in [7, 11) is -3.40. The van der Waals surface area contributed by atoms with Crippen molar-refractivity contribution in [1.29, 1.82) is 0 Å². The number of piperazine rings is 1. The fourth-order valence-electron chi connectivity index (χ4n) is 3.44. The molecule has 0 bridgehead atoms. The number of aromatic nitrogens is 1. The number of benzene rings is 2. The van der Waals surface area contributed by atoms with Gasteiger partial charge in [-0.3, -0.25) is 0 Å². The molecule has 1 aliphatic rings. The topological polar surface area (TPSA) is 54.7 Å². The molecule has 2 aromatic carbocycles. The van der Waals surface area contributed by atoms with Gasteiger partial charge in [0.05, 0.1) is 31.1 Å². The second kappa shape index (κ2) is 8.13. The minimum atomic E-state index is -3.40. The molecule has 0 unspecified atom stereocenters. The third kappa shape index (κ3) is 4.17. The summed E-state index contributed by atoms with van der Waals surface area (Å²) in [5, 5.41) is 3.15. The summed E-state index contributed by atoms with van der Waals surface area (Å²) in [5.41, 5.74) is 3.28. The summed E-state index contributed by atoms with van der Waals surface area (Å²) >= 11 is 1.66. The largest absolute Gasteiger partial charge is 0.328 e.